The second-order valence-electron chi connectivity index (χ2n) is 4.76. The van der Waals surface area contributed by atoms with Crippen molar-refractivity contribution in [1.29, 1.82) is 0 Å². The number of aliphatic carboxylic acids is 1. The number of carboxylic acid groups (broad SMARTS) is 1. The number of nitrogens with two attached hydrogens (primary N) is 1. The first-order valence-corrected chi connectivity index (χ1v) is 5.85. The van der Waals surface area contributed by atoms with Gasteiger partial charge in [-0.3, -0.25) is 4.79 Å². The number of halogens is 1. The highest BCUT2D eigenvalue weighted by molar-refractivity contribution is 5.86. The van der Waals surface area contributed by atoms with Gasteiger partial charge in [-0.1, -0.05) is 12.1 Å². The van der Waals surface area contributed by atoms with Crippen LogP contribution in [0.2, 0.25) is 0 Å². The Balaban J connectivity index is 2.19. The highest BCUT2D eigenvalue weighted by atomic mass is 19.1. The molecular weight excluding hydrogens is 235 g/mol. The molecule has 1 heterocycles. The summed E-state index contributed by atoms with van der Waals surface area (Å²) in [7, 11) is 0. The summed E-state index contributed by atoms with van der Waals surface area (Å²) in [6.07, 6.45) is 0.776. The third-order valence-corrected chi connectivity index (χ3v) is 3.61. The van der Waals surface area contributed by atoms with E-state index in [4.69, 9.17) is 10.8 Å². The molecule has 0 fully saturated rings. The average molecular weight is 248 g/mol. The second kappa shape index (κ2) is 3.81. The smallest absolute Gasteiger partial charge is 0.306 e. The van der Waals surface area contributed by atoms with Gasteiger partial charge in [0.2, 0.25) is 0 Å². The molecule has 5 heteroatoms. The summed E-state index contributed by atoms with van der Waals surface area (Å²) in [5, 5.41) is 9.83. The number of hydrogen-bond acceptors (Lipinski definition) is 2. The first-order valence-electron chi connectivity index (χ1n) is 5.85. The average Bonchev–Trinajstić information content (AvgIpc) is 2.69. The van der Waals surface area contributed by atoms with E-state index in [0.29, 0.717) is 18.4 Å². The van der Waals surface area contributed by atoms with Gasteiger partial charge >= 0.3 is 5.97 Å². The molecule has 18 heavy (non-hydrogen) atoms. The van der Waals surface area contributed by atoms with Crippen LogP contribution in [0.3, 0.4) is 0 Å². The van der Waals surface area contributed by atoms with Crippen LogP contribution in [-0.2, 0) is 11.2 Å². The molecule has 2 atom stereocenters. The highest BCUT2D eigenvalue weighted by Crippen LogP contribution is 2.37. The van der Waals surface area contributed by atoms with Crippen molar-refractivity contribution in [3.63, 3.8) is 0 Å². The van der Waals surface area contributed by atoms with Crippen LogP contribution >= 0.6 is 0 Å². The first-order chi connectivity index (χ1) is 8.58. The van der Waals surface area contributed by atoms with Gasteiger partial charge in [0.05, 0.1) is 11.4 Å². The molecule has 0 saturated carbocycles. The van der Waals surface area contributed by atoms with Crippen molar-refractivity contribution < 1.29 is 14.3 Å². The number of rotatable bonds is 1. The lowest BCUT2D eigenvalue weighted by atomic mass is 9.84. The van der Waals surface area contributed by atoms with E-state index in [-0.39, 0.29) is 11.9 Å². The third kappa shape index (κ3) is 1.51. The van der Waals surface area contributed by atoms with Gasteiger partial charge in [-0.15, -0.1) is 0 Å². The van der Waals surface area contributed by atoms with Gasteiger partial charge in [0.25, 0.3) is 0 Å². The summed E-state index contributed by atoms with van der Waals surface area (Å²) in [4.78, 5) is 14.0. The summed E-state index contributed by atoms with van der Waals surface area (Å²) in [5.74, 6) is -1.68. The van der Waals surface area contributed by atoms with Crippen LogP contribution in [0.1, 0.15) is 23.7 Å². The number of hydrogen-bond donors (Lipinski definition) is 3. The lowest BCUT2D eigenvalue weighted by Crippen LogP contribution is -2.28. The number of nitrogens with one attached hydrogen (secondary N) is 1. The van der Waals surface area contributed by atoms with Crippen LogP contribution in [0.5, 0.6) is 0 Å². The Kier molecular flexibility index (Phi) is 2.38. The van der Waals surface area contributed by atoms with Crippen LogP contribution in [0.15, 0.2) is 18.2 Å². The minimum atomic E-state index is -0.852. The van der Waals surface area contributed by atoms with Crippen molar-refractivity contribution in [1.82, 2.24) is 4.98 Å². The standard InChI is InChI=1S/C13H13FN2O2/c14-8-3-1-2-7-11-9(15)4-6(13(17)18)5-10(11)16-12(7)8/h1-3,6,9,16H,4-5,15H2,(H,17,18). The number of para-hydroxylation sites is 1. The summed E-state index contributed by atoms with van der Waals surface area (Å²) in [6, 6.07) is 4.48. The molecule has 1 aromatic carbocycles. The molecule has 0 saturated heterocycles. The number of H-pyrrole nitrogens is 1. The third-order valence-electron chi connectivity index (χ3n) is 3.61. The Bertz CT molecular complexity index is 635. The number of benzene rings is 1. The molecule has 4 nitrogen and oxygen atoms in total. The number of fused-ring (bicyclic) bond motifs is 3. The first kappa shape index (κ1) is 11.2. The molecule has 1 aliphatic rings. The van der Waals surface area contributed by atoms with Gasteiger partial charge < -0.3 is 15.8 Å². The fraction of sp³-hybridized carbons (Fsp3) is 0.308. The highest BCUT2D eigenvalue weighted by Gasteiger charge is 2.32. The zero-order valence-electron chi connectivity index (χ0n) is 9.61. The molecule has 3 rings (SSSR count). The Morgan fingerprint density at radius 1 is 1.50 bits per heavy atom. The molecule has 0 radical (unpaired) electrons. The molecule has 0 aliphatic heterocycles. The lowest BCUT2D eigenvalue weighted by molar-refractivity contribution is -0.142. The number of carboxylic acids is 1. The van der Waals surface area contributed by atoms with Crippen LogP contribution in [0, 0.1) is 11.7 Å². The van der Waals surface area contributed by atoms with E-state index in [1.807, 2.05) is 6.07 Å². The van der Waals surface area contributed by atoms with Crippen LogP contribution < -0.4 is 5.73 Å². The number of carbonyl (C=O) groups is 1. The summed E-state index contributed by atoms with van der Waals surface area (Å²) < 4.78 is 13.7. The maximum Gasteiger partial charge on any atom is 0.306 e. The zero-order valence-corrected chi connectivity index (χ0v) is 9.61. The van der Waals surface area contributed by atoms with E-state index in [1.54, 1.807) is 6.07 Å². The molecule has 2 unspecified atom stereocenters. The maximum atomic E-state index is 13.7. The van der Waals surface area contributed by atoms with E-state index < -0.39 is 11.9 Å². The molecule has 1 aliphatic carbocycles. The monoisotopic (exact) mass is 248 g/mol. The molecule has 1 aromatic heterocycles. The SMILES string of the molecule is NC1CC(C(=O)O)Cc2[nH]c3c(F)cccc3c21. The summed E-state index contributed by atoms with van der Waals surface area (Å²) in [6.45, 7) is 0. The van der Waals surface area contributed by atoms with Crippen LogP contribution in [-0.4, -0.2) is 16.1 Å². The van der Waals surface area contributed by atoms with Gasteiger partial charge in [0, 0.05) is 23.5 Å². The number of aromatic nitrogens is 1. The van der Waals surface area contributed by atoms with Crippen LogP contribution in [0.4, 0.5) is 4.39 Å². The largest absolute Gasteiger partial charge is 0.481 e. The van der Waals surface area contributed by atoms with Crippen molar-refractivity contribution in [2.75, 3.05) is 0 Å². The van der Waals surface area contributed by atoms with Crippen molar-refractivity contribution >= 4 is 16.9 Å². The van der Waals surface area contributed by atoms with E-state index >= 15 is 0 Å². The predicted octanol–water partition coefficient (Wildman–Crippen LogP) is 1.95. The van der Waals surface area contributed by atoms with E-state index in [9.17, 15) is 9.18 Å². The molecule has 0 amide bonds. The Hall–Kier alpha value is -1.88. The molecule has 94 valence electrons. The van der Waals surface area contributed by atoms with Crippen molar-refractivity contribution in [3.05, 3.63) is 35.3 Å². The van der Waals surface area contributed by atoms with E-state index in [0.717, 1.165) is 16.6 Å². The van der Waals surface area contributed by atoms with Gasteiger partial charge in [-0.2, -0.15) is 0 Å². The molecular formula is C13H13FN2O2. The fourth-order valence-electron chi connectivity index (χ4n) is 2.78. The topological polar surface area (TPSA) is 79.1 Å². The Morgan fingerprint density at radius 3 is 3.00 bits per heavy atom. The van der Waals surface area contributed by atoms with Crippen LogP contribution in [0.25, 0.3) is 10.9 Å². The normalized spacial score (nSPS) is 23.0. The maximum absolute atomic E-state index is 13.7. The zero-order chi connectivity index (χ0) is 12.9. The Labute approximate surface area is 103 Å². The molecule has 0 bridgehead atoms. The predicted molar refractivity (Wildman–Crippen MR) is 64.6 cm³/mol. The summed E-state index contributed by atoms with van der Waals surface area (Å²) >= 11 is 0. The molecule has 0 spiro atoms. The van der Waals surface area contributed by atoms with Gasteiger partial charge in [-0.05, 0) is 18.1 Å². The number of aromatic amines is 1. The van der Waals surface area contributed by atoms with Crippen molar-refractivity contribution in [2.24, 2.45) is 11.7 Å². The van der Waals surface area contributed by atoms with Crippen molar-refractivity contribution in [2.45, 2.75) is 18.9 Å². The van der Waals surface area contributed by atoms with Gasteiger partial charge in [0.1, 0.15) is 5.82 Å². The molecule has 4 N–H and O–H groups in total. The molecule has 2 aromatic rings. The van der Waals surface area contributed by atoms with Gasteiger partial charge in [0.15, 0.2) is 0 Å². The van der Waals surface area contributed by atoms with Gasteiger partial charge in [-0.25, -0.2) is 4.39 Å². The van der Waals surface area contributed by atoms with E-state index in [1.165, 1.54) is 6.07 Å². The second-order valence-corrected chi connectivity index (χ2v) is 4.76. The fourth-order valence-corrected chi connectivity index (χ4v) is 2.78. The Morgan fingerprint density at radius 2 is 2.28 bits per heavy atom. The van der Waals surface area contributed by atoms with Crippen molar-refractivity contribution in [3.8, 4) is 0 Å². The quantitative estimate of drug-likeness (QED) is 0.721. The summed E-state index contributed by atoms with van der Waals surface area (Å²) in [5.41, 5.74) is 8.06. The minimum Gasteiger partial charge on any atom is -0.481 e. The van der Waals surface area contributed by atoms with E-state index in [2.05, 4.69) is 4.98 Å². The lowest BCUT2D eigenvalue weighted by Gasteiger charge is -2.24. The minimum absolute atomic E-state index is 0.332.